The van der Waals surface area contributed by atoms with Crippen molar-refractivity contribution in [1.82, 2.24) is 5.32 Å². The van der Waals surface area contributed by atoms with Gasteiger partial charge in [0.2, 0.25) is 5.91 Å². The Kier molecular flexibility index (Phi) is 40.4. The zero-order chi connectivity index (χ0) is 41.0. The predicted octanol–water partition coefficient (Wildman–Crippen LogP) is 13.0. The summed E-state index contributed by atoms with van der Waals surface area (Å²) in [6.45, 7) is 6.15. The first-order chi connectivity index (χ1) is 27.5. The van der Waals surface area contributed by atoms with Crippen molar-refractivity contribution in [1.29, 1.82) is 0 Å². The zero-order valence-corrected chi connectivity index (χ0v) is 36.0. The van der Waals surface area contributed by atoms with Crippen molar-refractivity contribution in [3.63, 3.8) is 0 Å². The Labute approximate surface area is 344 Å². The first kappa shape index (κ1) is 52.8. The van der Waals surface area contributed by atoms with E-state index in [-0.39, 0.29) is 24.9 Å². The average Bonchev–Trinajstić information content (AvgIpc) is 3.19. The van der Waals surface area contributed by atoms with Gasteiger partial charge >= 0.3 is 5.97 Å². The molecule has 3 atom stereocenters. The highest BCUT2D eigenvalue weighted by atomic mass is 16.5. The van der Waals surface area contributed by atoms with Crippen molar-refractivity contribution < 1.29 is 24.5 Å². The number of allylic oxidation sites excluding steroid dienone is 16. The second-order valence-electron chi connectivity index (χ2n) is 14.9. The largest absolute Gasteiger partial charge is 0.462 e. The van der Waals surface area contributed by atoms with Gasteiger partial charge in [-0.15, -0.1) is 0 Å². The smallest absolute Gasteiger partial charge is 0.306 e. The van der Waals surface area contributed by atoms with E-state index in [0.717, 1.165) is 83.5 Å². The second-order valence-corrected chi connectivity index (χ2v) is 14.9. The molecule has 6 heteroatoms. The van der Waals surface area contributed by atoms with Crippen molar-refractivity contribution >= 4 is 11.9 Å². The van der Waals surface area contributed by atoms with E-state index in [1.54, 1.807) is 0 Å². The van der Waals surface area contributed by atoms with Gasteiger partial charge in [-0.05, 0) is 64.2 Å². The maximum absolute atomic E-state index is 13.1. The van der Waals surface area contributed by atoms with Gasteiger partial charge in [-0.3, -0.25) is 9.59 Å². The number of aliphatic hydroxyl groups is 2. The van der Waals surface area contributed by atoms with Gasteiger partial charge in [0.05, 0.1) is 25.2 Å². The summed E-state index contributed by atoms with van der Waals surface area (Å²) in [4.78, 5) is 26.0. The molecule has 6 nitrogen and oxygen atoms in total. The summed E-state index contributed by atoms with van der Waals surface area (Å²) in [6.07, 6.45) is 56.1. The summed E-state index contributed by atoms with van der Waals surface area (Å²) in [5, 5.41) is 23.6. The summed E-state index contributed by atoms with van der Waals surface area (Å²) in [5.41, 5.74) is 0. The van der Waals surface area contributed by atoms with Crippen LogP contribution in [0.4, 0.5) is 0 Å². The molecule has 0 aliphatic rings. The van der Waals surface area contributed by atoms with E-state index < -0.39 is 18.2 Å². The maximum Gasteiger partial charge on any atom is 0.306 e. The Bertz CT molecular complexity index is 1140. The number of hydrogen-bond acceptors (Lipinski definition) is 5. The number of aliphatic hydroxyl groups excluding tert-OH is 2. The van der Waals surface area contributed by atoms with Gasteiger partial charge < -0.3 is 20.3 Å². The first-order valence-electron chi connectivity index (χ1n) is 22.6. The van der Waals surface area contributed by atoms with Crippen LogP contribution in [0.15, 0.2) is 97.2 Å². The molecule has 0 aliphatic carbocycles. The van der Waals surface area contributed by atoms with Gasteiger partial charge in [-0.1, -0.05) is 201 Å². The van der Waals surface area contributed by atoms with Crippen LogP contribution in [-0.4, -0.2) is 46.9 Å². The monoisotopic (exact) mass is 778 g/mol. The predicted molar refractivity (Wildman–Crippen MR) is 240 cm³/mol. The molecular formula is C50H83NO5. The van der Waals surface area contributed by atoms with E-state index >= 15 is 0 Å². The lowest BCUT2D eigenvalue weighted by atomic mass is 10.0. The molecule has 0 aliphatic heterocycles. The average molecular weight is 778 g/mol. The quantitative estimate of drug-likeness (QED) is 0.0330. The third-order valence-electron chi connectivity index (χ3n) is 9.60. The number of carbonyl (C=O) groups is 2. The number of nitrogens with one attached hydrogen (secondary N) is 1. The lowest BCUT2D eigenvalue weighted by molar-refractivity contribution is -0.151. The van der Waals surface area contributed by atoms with E-state index in [9.17, 15) is 19.8 Å². The van der Waals surface area contributed by atoms with Crippen LogP contribution >= 0.6 is 0 Å². The summed E-state index contributed by atoms with van der Waals surface area (Å²) < 4.78 is 5.86. The molecule has 0 bridgehead atoms. The van der Waals surface area contributed by atoms with Gasteiger partial charge in [0.1, 0.15) is 6.10 Å². The minimum absolute atomic E-state index is 0.0308. The molecule has 0 aromatic rings. The van der Waals surface area contributed by atoms with Crippen LogP contribution in [-0.2, 0) is 14.3 Å². The van der Waals surface area contributed by atoms with Crippen LogP contribution in [0.2, 0.25) is 0 Å². The zero-order valence-electron chi connectivity index (χ0n) is 36.0. The molecule has 0 heterocycles. The first-order valence-corrected chi connectivity index (χ1v) is 22.6. The molecule has 0 rings (SSSR count). The van der Waals surface area contributed by atoms with Crippen LogP contribution in [0.1, 0.15) is 181 Å². The van der Waals surface area contributed by atoms with Crippen molar-refractivity contribution in [2.24, 2.45) is 0 Å². The fraction of sp³-hybridized carbons (Fsp3) is 0.640. The minimum atomic E-state index is -0.808. The lowest BCUT2D eigenvalue weighted by Crippen LogP contribution is -2.46. The van der Waals surface area contributed by atoms with E-state index in [4.69, 9.17) is 4.74 Å². The highest BCUT2D eigenvalue weighted by Gasteiger charge is 2.24. The minimum Gasteiger partial charge on any atom is -0.462 e. The fourth-order valence-electron chi connectivity index (χ4n) is 6.21. The third-order valence-corrected chi connectivity index (χ3v) is 9.60. The standard InChI is InChI=1S/C50H83NO5/c1-4-7-10-13-16-19-22-23-24-25-28-31-34-37-40-43-50(55)56-46(41-38-35-32-29-26-20-17-14-11-8-5-2)44-49(54)51-47(45-52)48(53)42-39-36-33-30-27-21-18-15-12-9-6-3/h7-8,10-11,13-14,16-17,19-20,22-26,28,46-48,52-53H,4-6,9,12,15,18,21,27,29-45H2,1-3H3,(H,51,54)/b10-7+,11-8+,16-13+,17-14+,22-19-,24-23-,26-20-,28-25+. The number of hydrogen-bond donors (Lipinski definition) is 3. The van der Waals surface area contributed by atoms with Crippen molar-refractivity contribution in [3.8, 4) is 0 Å². The number of rotatable bonds is 38. The summed E-state index contributed by atoms with van der Waals surface area (Å²) >= 11 is 0. The molecule has 3 unspecified atom stereocenters. The van der Waals surface area contributed by atoms with E-state index in [0.29, 0.717) is 19.3 Å². The van der Waals surface area contributed by atoms with Gasteiger partial charge in [-0.2, -0.15) is 0 Å². The van der Waals surface area contributed by atoms with Crippen LogP contribution < -0.4 is 5.32 Å². The van der Waals surface area contributed by atoms with Gasteiger partial charge in [0, 0.05) is 6.42 Å². The fourth-order valence-corrected chi connectivity index (χ4v) is 6.21. The molecule has 0 saturated carbocycles. The molecule has 1 amide bonds. The number of carbonyl (C=O) groups excluding carboxylic acids is 2. The molecule has 0 saturated heterocycles. The number of ether oxygens (including phenoxy) is 1. The third kappa shape index (κ3) is 37.7. The summed E-state index contributed by atoms with van der Waals surface area (Å²) in [7, 11) is 0. The van der Waals surface area contributed by atoms with E-state index in [1.165, 1.54) is 51.4 Å². The Morgan fingerprint density at radius 2 is 0.964 bits per heavy atom. The van der Waals surface area contributed by atoms with Crippen LogP contribution in [0, 0.1) is 0 Å². The van der Waals surface area contributed by atoms with Gasteiger partial charge in [-0.25, -0.2) is 0 Å². The highest BCUT2D eigenvalue weighted by molar-refractivity contribution is 5.77. The topological polar surface area (TPSA) is 95.9 Å². The van der Waals surface area contributed by atoms with E-state index in [1.807, 2.05) is 60.8 Å². The molecule has 318 valence electrons. The molecule has 0 aromatic carbocycles. The van der Waals surface area contributed by atoms with Crippen molar-refractivity contribution in [3.05, 3.63) is 97.2 Å². The van der Waals surface area contributed by atoms with Crippen molar-refractivity contribution in [2.45, 2.75) is 200 Å². The molecule has 0 radical (unpaired) electrons. The SMILES string of the molecule is CC/C=C/C=C/C=C\C=C/C=C/CCCCCC(=O)OC(CCCCC\C=C/C=C/C=C/CC)CC(=O)NC(CO)C(O)CCCCCCCCCCCCC. The normalized spacial score (nSPS) is 14.3. The molecule has 0 fully saturated rings. The highest BCUT2D eigenvalue weighted by Crippen LogP contribution is 2.16. The Hall–Kier alpha value is -3.22. The Morgan fingerprint density at radius 3 is 1.46 bits per heavy atom. The summed E-state index contributed by atoms with van der Waals surface area (Å²) in [5.74, 6) is -0.571. The maximum atomic E-state index is 13.1. The van der Waals surface area contributed by atoms with Crippen LogP contribution in [0.25, 0.3) is 0 Å². The van der Waals surface area contributed by atoms with Gasteiger partial charge in [0.15, 0.2) is 0 Å². The van der Waals surface area contributed by atoms with Crippen LogP contribution in [0.5, 0.6) is 0 Å². The number of unbranched alkanes of at least 4 members (excludes halogenated alkanes) is 16. The molecular weight excluding hydrogens is 695 g/mol. The molecule has 56 heavy (non-hydrogen) atoms. The number of esters is 1. The molecule has 0 aromatic heterocycles. The van der Waals surface area contributed by atoms with Crippen LogP contribution in [0.3, 0.4) is 0 Å². The van der Waals surface area contributed by atoms with Gasteiger partial charge in [0.25, 0.3) is 0 Å². The lowest BCUT2D eigenvalue weighted by Gasteiger charge is -2.24. The Balaban J connectivity index is 4.74. The van der Waals surface area contributed by atoms with Crippen molar-refractivity contribution in [2.75, 3.05) is 6.61 Å². The molecule has 0 spiro atoms. The Morgan fingerprint density at radius 1 is 0.536 bits per heavy atom. The second kappa shape index (κ2) is 42.9. The van der Waals surface area contributed by atoms with E-state index in [2.05, 4.69) is 62.5 Å². The summed E-state index contributed by atoms with van der Waals surface area (Å²) in [6, 6.07) is -0.726. The molecule has 3 N–H and O–H groups in total. The number of amides is 1.